The zero-order valence-corrected chi connectivity index (χ0v) is 11.1. The molecule has 0 radical (unpaired) electrons. The molecule has 1 atom stereocenters. The van der Waals surface area contributed by atoms with Crippen LogP contribution in [0.3, 0.4) is 0 Å². The molecule has 0 aliphatic rings. The molecule has 0 aromatic rings. The fourth-order valence-corrected chi connectivity index (χ4v) is 2.03. The number of hydrogen-bond donors (Lipinski definition) is 0. The van der Waals surface area contributed by atoms with Gasteiger partial charge in [-0.2, -0.15) is 0 Å². The zero-order chi connectivity index (χ0) is 10.6. The predicted molar refractivity (Wildman–Crippen MR) is 66.0 cm³/mol. The van der Waals surface area contributed by atoms with Gasteiger partial charge in [-0.05, 0) is 0 Å². The summed E-state index contributed by atoms with van der Waals surface area (Å²) in [7, 11) is 0. The minimum absolute atomic E-state index is 0. The Bertz CT molecular complexity index is 115. The SMILES string of the molecule is CCCCCCCCC[CH]([Al+2])OCC.[H-].[H-]. The molecule has 0 saturated heterocycles. The summed E-state index contributed by atoms with van der Waals surface area (Å²) in [5, 5.41) is 0. The summed E-state index contributed by atoms with van der Waals surface area (Å²) in [4.78, 5) is 0.385. The fourth-order valence-electron chi connectivity index (χ4n) is 1.60. The Morgan fingerprint density at radius 3 is 2.14 bits per heavy atom. The Morgan fingerprint density at radius 2 is 1.57 bits per heavy atom. The monoisotopic (exact) mass is 214 g/mol. The quantitative estimate of drug-likeness (QED) is 0.396. The first-order chi connectivity index (χ1) is 6.81. The van der Waals surface area contributed by atoms with Crippen LogP contribution in [0.1, 0.15) is 68.1 Å². The van der Waals surface area contributed by atoms with Gasteiger partial charge < -0.3 is 2.85 Å². The van der Waals surface area contributed by atoms with Gasteiger partial charge in [-0.25, -0.2) is 0 Å². The molecule has 0 heterocycles. The van der Waals surface area contributed by atoms with Gasteiger partial charge in [0.1, 0.15) is 0 Å². The Morgan fingerprint density at radius 1 is 1.00 bits per heavy atom. The summed E-state index contributed by atoms with van der Waals surface area (Å²) in [6, 6.07) is 0. The van der Waals surface area contributed by atoms with E-state index < -0.39 is 0 Å². The second-order valence-electron chi connectivity index (χ2n) is 3.90. The fraction of sp³-hybridized carbons (Fsp3) is 1.00. The zero-order valence-electron chi connectivity index (χ0n) is 11.9. The molecule has 84 valence electrons. The van der Waals surface area contributed by atoms with Gasteiger partial charge in [0.15, 0.2) is 0 Å². The van der Waals surface area contributed by atoms with Crippen LogP contribution in [0, 0.1) is 0 Å². The second kappa shape index (κ2) is 11.6. The molecule has 0 aromatic heterocycles. The summed E-state index contributed by atoms with van der Waals surface area (Å²) in [5.74, 6) is 0. The van der Waals surface area contributed by atoms with Crippen LogP contribution in [0.2, 0.25) is 0 Å². The van der Waals surface area contributed by atoms with E-state index in [4.69, 9.17) is 4.74 Å². The minimum Gasteiger partial charge on any atom is -1.00 e. The predicted octanol–water partition coefficient (Wildman–Crippen LogP) is 3.88. The average Bonchev–Trinajstić information content (AvgIpc) is 2.17. The van der Waals surface area contributed by atoms with E-state index in [1.54, 1.807) is 0 Å². The third-order valence-electron chi connectivity index (χ3n) is 2.47. The molecular weight excluding hydrogens is 187 g/mol. The van der Waals surface area contributed by atoms with Gasteiger partial charge >= 0.3 is 97.8 Å². The molecule has 0 N–H and O–H groups in total. The molecule has 0 bridgehead atoms. The maximum Gasteiger partial charge on any atom is -1.00 e. The number of rotatable bonds is 10. The minimum atomic E-state index is 0. The second-order valence-corrected chi connectivity index (χ2v) is 4.65. The summed E-state index contributed by atoms with van der Waals surface area (Å²) in [6.07, 6.45) is 10.9. The molecule has 2 heteroatoms. The molecule has 1 unspecified atom stereocenters. The van der Waals surface area contributed by atoms with Gasteiger partial charge in [0.25, 0.3) is 0 Å². The van der Waals surface area contributed by atoms with Crippen LogP contribution >= 0.6 is 0 Å². The van der Waals surface area contributed by atoms with Crippen molar-refractivity contribution in [2.45, 2.75) is 70.2 Å². The standard InChI is InChI=1S/C12H25O.Al.2H/c1-3-5-6-7-8-9-10-11-12-13-4-2;;;/h12H,3-11H2,1-2H3;;;/q;+2;2*-1. The van der Waals surface area contributed by atoms with Crippen molar-refractivity contribution >= 4 is 16.3 Å². The molecule has 0 aliphatic carbocycles. The van der Waals surface area contributed by atoms with Crippen molar-refractivity contribution in [3.8, 4) is 0 Å². The van der Waals surface area contributed by atoms with Gasteiger partial charge in [-0.1, -0.05) is 0 Å². The van der Waals surface area contributed by atoms with Crippen molar-refractivity contribution in [1.29, 1.82) is 0 Å². The van der Waals surface area contributed by atoms with E-state index in [-0.39, 0.29) is 2.85 Å². The third kappa shape index (κ3) is 10.6. The smallest absolute Gasteiger partial charge is 1.00 e. The summed E-state index contributed by atoms with van der Waals surface area (Å²) < 4.78 is 5.45. The van der Waals surface area contributed by atoms with Crippen LogP contribution in [-0.2, 0) is 4.74 Å². The molecule has 0 aliphatic heterocycles. The average molecular weight is 214 g/mol. The van der Waals surface area contributed by atoms with E-state index in [0.717, 1.165) is 6.61 Å². The maximum absolute atomic E-state index is 5.45. The van der Waals surface area contributed by atoms with Crippen LogP contribution in [0.25, 0.3) is 0 Å². The molecule has 0 rings (SSSR count). The number of hydrogen-bond acceptors (Lipinski definition) is 1. The molecule has 0 fully saturated rings. The number of ether oxygens (including phenoxy) is 1. The first-order valence-electron chi connectivity index (χ1n) is 6.18. The van der Waals surface area contributed by atoms with Crippen molar-refractivity contribution in [1.82, 2.24) is 0 Å². The molecule has 0 saturated carbocycles. The van der Waals surface area contributed by atoms with Gasteiger partial charge in [-0.15, -0.1) is 0 Å². The van der Waals surface area contributed by atoms with Crippen molar-refractivity contribution in [3.63, 3.8) is 0 Å². The van der Waals surface area contributed by atoms with E-state index in [9.17, 15) is 0 Å². The van der Waals surface area contributed by atoms with E-state index >= 15 is 0 Å². The van der Waals surface area contributed by atoms with Crippen LogP contribution in [-0.4, -0.2) is 27.9 Å². The van der Waals surface area contributed by atoms with E-state index in [2.05, 4.69) is 30.1 Å². The Labute approximate surface area is 101 Å². The van der Waals surface area contributed by atoms with Gasteiger partial charge in [0, 0.05) is 0 Å². The van der Waals surface area contributed by atoms with Crippen molar-refractivity contribution in [2.75, 3.05) is 6.61 Å². The Balaban J connectivity index is -0.000000845. The van der Waals surface area contributed by atoms with Crippen LogP contribution < -0.4 is 0 Å². The van der Waals surface area contributed by atoms with Gasteiger partial charge in [0.05, 0.1) is 0 Å². The Kier molecular flexibility index (Phi) is 12.0. The van der Waals surface area contributed by atoms with E-state index in [1.165, 1.54) is 51.4 Å². The van der Waals surface area contributed by atoms with Crippen LogP contribution in [0.15, 0.2) is 0 Å². The summed E-state index contributed by atoms with van der Waals surface area (Å²) >= 11 is 2.77. The molecule has 0 aromatic carbocycles. The third-order valence-corrected chi connectivity index (χ3v) is 3.00. The maximum atomic E-state index is 5.45. The summed E-state index contributed by atoms with van der Waals surface area (Å²) in [5.41, 5.74) is 0. The molecule has 1 nitrogen and oxygen atoms in total. The van der Waals surface area contributed by atoms with Crippen molar-refractivity contribution < 1.29 is 7.59 Å². The first kappa shape index (κ1) is 14.5. The van der Waals surface area contributed by atoms with Crippen molar-refractivity contribution in [3.05, 3.63) is 0 Å². The molecule has 0 spiro atoms. The van der Waals surface area contributed by atoms with E-state index in [0.29, 0.717) is 4.97 Å². The topological polar surface area (TPSA) is 9.23 Å². The number of unbranched alkanes of at least 4 members (excludes halogenated alkanes) is 6. The Hall–Kier alpha value is 0.492. The molecule has 14 heavy (non-hydrogen) atoms. The van der Waals surface area contributed by atoms with Gasteiger partial charge in [-0.3, -0.25) is 0 Å². The van der Waals surface area contributed by atoms with Crippen molar-refractivity contribution in [2.24, 2.45) is 0 Å². The van der Waals surface area contributed by atoms with E-state index in [1.807, 2.05) is 0 Å². The van der Waals surface area contributed by atoms with Crippen LogP contribution in [0.5, 0.6) is 0 Å². The van der Waals surface area contributed by atoms with Crippen LogP contribution in [0.4, 0.5) is 0 Å². The molecular formula is C12H27AlO. The summed E-state index contributed by atoms with van der Waals surface area (Å²) in [6.45, 7) is 5.16. The normalized spacial score (nSPS) is 13.1. The first-order valence-corrected chi connectivity index (χ1v) is 6.85. The van der Waals surface area contributed by atoms with Gasteiger partial charge in [0.2, 0.25) is 0 Å². The molecule has 0 amide bonds. The largest absolute Gasteiger partial charge is 1.00 e.